The monoisotopic (exact) mass is 270 g/mol. The summed E-state index contributed by atoms with van der Waals surface area (Å²) in [5.74, 6) is 0.982. The second kappa shape index (κ2) is 6.20. The molecule has 2 heterocycles. The molecule has 1 aliphatic heterocycles. The summed E-state index contributed by atoms with van der Waals surface area (Å²) in [4.78, 5) is 21.0. The fraction of sp³-hybridized carbons (Fsp3) is 0.667. The van der Waals surface area contributed by atoms with Crippen LogP contribution in [0.1, 0.15) is 25.1 Å². The number of hydrogen-bond donors (Lipinski definition) is 2. The molecule has 5 nitrogen and oxygen atoms in total. The Bertz CT molecular complexity index is 399. The van der Waals surface area contributed by atoms with Crippen LogP contribution in [0.5, 0.6) is 0 Å². The lowest BCUT2D eigenvalue weighted by molar-refractivity contribution is -0.132. The molecule has 1 aromatic rings. The number of nitrogens with one attached hydrogen (secondary N) is 2. The van der Waals surface area contributed by atoms with E-state index in [2.05, 4.69) is 15.3 Å². The molecule has 0 spiro atoms. The summed E-state index contributed by atoms with van der Waals surface area (Å²) in [6, 6.07) is 0.554. The van der Waals surface area contributed by atoms with Gasteiger partial charge in [0, 0.05) is 32.0 Å². The number of amides is 1. The summed E-state index contributed by atoms with van der Waals surface area (Å²) in [6.45, 7) is 1.70. The lowest BCUT2D eigenvalue weighted by atomic mass is 10.0. The molecule has 1 fully saturated rings. The lowest BCUT2D eigenvalue weighted by Crippen LogP contribution is -2.44. The number of hydrogen-bond acceptors (Lipinski definition) is 3. The van der Waals surface area contributed by atoms with Crippen molar-refractivity contribution in [2.75, 3.05) is 20.1 Å². The predicted octanol–water partition coefficient (Wildman–Crippen LogP) is 1.21. The van der Waals surface area contributed by atoms with Gasteiger partial charge < -0.3 is 15.2 Å². The molecule has 0 aliphatic carbocycles. The molecule has 1 amide bonds. The van der Waals surface area contributed by atoms with Crippen molar-refractivity contribution >= 4 is 17.5 Å². The first-order valence-corrected chi connectivity index (χ1v) is 6.71. The zero-order chi connectivity index (χ0) is 13.0. The van der Waals surface area contributed by atoms with Gasteiger partial charge in [-0.3, -0.25) is 4.79 Å². The van der Waals surface area contributed by atoms with E-state index in [4.69, 9.17) is 11.6 Å². The minimum absolute atomic E-state index is 0.206. The largest absolute Gasteiger partial charge is 0.343 e. The molecule has 18 heavy (non-hydrogen) atoms. The highest BCUT2D eigenvalue weighted by molar-refractivity contribution is 6.29. The standard InChI is InChI=1S/C12H19ClN4O/c1-14-9-4-6-17(7-5-9)12(18)3-2-11-15-8-10(13)16-11/h8-9,14H,2-7H2,1H3,(H,15,16). The minimum atomic E-state index is 0.206. The van der Waals surface area contributed by atoms with Crippen molar-refractivity contribution in [3.63, 3.8) is 0 Å². The molecule has 1 aromatic heterocycles. The number of H-pyrrole nitrogens is 1. The quantitative estimate of drug-likeness (QED) is 0.864. The van der Waals surface area contributed by atoms with Gasteiger partial charge in [0.05, 0.1) is 6.20 Å². The van der Waals surface area contributed by atoms with Crippen LogP contribution in [-0.4, -0.2) is 47.0 Å². The van der Waals surface area contributed by atoms with E-state index in [0.29, 0.717) is 24.0 Å². The topological polar surface area (TPSA) is 61.0 Å². The number of aryl methyl sites for hydroxylation is 1. The van der Waals surface area contributed by atoms with Crippen molar-refractivity contribution in [1.82, 2.24) is 20.2 Å². The Balaban J connectivity index is 1.75. The van der Waals surface area contributed by atoms with E-state index in [1.165, 1.54) is 0 Å². The van der Waals surface area contributed by atoms with Gasteiger partial charge in [0.2, 0.25) is 5.91 Å². The van der Waals surface area contributed by atoms with Crippen LogP contribution in [0.25, 0.3) is 0 Å². The second-order valence-electron chi connectivity index (χ2n) is 4.62. The molecule has 6 heteroatoms. The number of carbonyl (C=O) groups is 1. The van der Waals surface area contributed by atoms with Crippen molar-refractivity contribution in [1.29, 1.82) is 0 Å². The molecule has 100 valence electrons. The molecule has 1 aliphatic rings. The summed E-state index contributed by atoms with van der Waals surface area (Å²) in [5.41, 5.74) is 0. The average molecular weight is 271 g/mol. The van der Waals surface area contributed by atoms with E-state index in [1.807, 2.05) is 11.9 Å². The summed E-state index contributed by atoms with van der Waals surface area (Å²) in [6.07, 6.45) is 4.76. The molecule has 0 unspecified atom stereocenters. The summed E-state index contributed by atoms with van der Waals surface area (Å²) < 4.78 is 0. The number of aromatic nitrogens is 2. The van der Waals surface area contributed by atoms with E-state index in [0.717, 1.165) is 31.8 Å². The molecule has 0 aromatic carbocycles. The SMILES string of the molecule is CNC1CCN(C(=O)CCc2ncc(Cl)[nH]2)CC1. The Kier molecular flexibility index (Phi) is 4.60. The van der Waals surface area contributed by atoms with Crippen molar-refractivity contribution in [2.45, 2.75) is 31.7 Å². The van der Waals surface area contributed by atoms with Crippen LogP contribution in [0, 0.1) is 0 Å². The highest BCUT2D eigenvalue weighted by atomic mass is 35.5. The molecule has 1 saturated heterocycles. The normalized spacial score (nSPS) is 17.1. The van der Waals surface area contributed by atoms with Gasteiger partial charge in [0.15, 0.2) is 0 Å². The number of carbonyl (C=O) groups excluding carboxylic acids is 1. The zero-order valence-electron chi connectivity index (χ0n) is 10.6. The van der Waals surface area contributed by atoms with E-state index in [1.54, 1.807) is 6.20 Å². The van der Waals surface area contributed by atoms with Gasteiger partial charge in [-0.2, -0.15) is 0 Å². The second-order valence-corrected chi connectivity index (χ2v) is 5.03. The van der Waals surface area contributed by atoms with Gasteiger partial charge in [-0.05, 0) is 19.9 Å². The van der Waals surface area contributed by atoms with Crippen LogP contribution >= 0.6 is 11.6 Å². The first-order chi connectivity index (χ1) is 8.69. The van der Waals surface area contributed by atoms with E-state index in [-0.39, 0.29) is 5.91 Å². The van der Waals surface area contributed by atoms with E-state index in [9.17, 15) is 4.79 Å². The van der Waals surface area contributed by atoms with Crippen LogP contribution in [0.15, 0.2) is 6.20 Å². The van der Waals surface area contributed by atoms with E-state index < -0.39 is 0 Å². The number of imidazole rings is 1. The Morgan fingerprint density at radius 1 is 1.61 bits per heavy atom. The fourth-order valence-electron chi connectivity index (χ4n) is 2.27. The van der Waals surface area contributed by atoms with Crippen LogP contribution < -0.4 is 5.32 Å². The van der Waals surface area contributed by atoms with Crippen molar-refractivity contribution in [3.8, 4) is 0 Å². The van der Waals surface area contributed by atoms with Crippen LogP contribution in [0.3, 0.4) is 0 Å². The van der Waals surface area contributed by atoms with Crippen molar-refractivity contribution in [3.05, 3.63) is 17.2 Å². The van der Waals surface area contributed by atoms with Gasteiger partial charge in [0.1, 0.15) is 11.0 Å². The number of rotatable bonds is 4. The molecule has 2 rings (SSSR count). The smallest absolute Gasteiger partial charge is 0.223 e. The number of halogens is 1. The van der Waals surface area contributed by atoms with Gasteiger partial charge in [-0.15, -0.1) is 0 Å². The highest BCUT2D eigenvalue weighted by Gasteiger charge is 2.21. The number of likely N-dealkylation sites (tertiary alicyclic amines) is 1. The molecule has 2 N–H and O–H groups in total. The van der Waals surface area contributed by atoms with E-state index >= 15 is 0 Å². The molecular formula is C12H19ClN4O. The minimum Gasteiger partial charge on any atom is -0.343 e. The summed E-state index contributed by atoms with van der Waals surface area (Å²) >= 11 is 5.74. The Morgan fingerprint density at radius 3 is 2.89 bits per heavy atom. The third-order valence-corrected chi connectivity index (χ3v) is 3.62. The fourth-order valence-corrected chi connectivity index (χ4v) is 2.42. The van der Waals surface area contributed by atoms with Crippen LogP contribution in [-0.2, 0) is 11.2 Å². The highest BCUT2D eigenvalue weighted by Crippen LogP contribution is 2.12. The van der Waals surface area contributed by atoms with Crippen molar-refractivity contribution < 1.29 is 4.79 Å². The molecular weight excluding hydrogens is 252 g/mol. The first-order valence-electron chi connectivity index (χ1n) is 6.33. The summed E-state index contributed by atoms with van der Waals surface area (Å²) in [7, 11) is 1.97. The van der Waals surface area contributed by atoms with Gasteiger partial charge in [-0.25, -0.2) is 4.98 Å². The molecule has 0 saturated carbocycles. The van der Waals surface area contributed by atoms with Crippen LogP contribution in [0.4, 0.5) is 0 Å². The maximum Gasteiger partial charge on any atom is 0.223 e. The maximum absolute atomic E-state index is 12.0. The molecule has 0 atom stereocenters. The molecule has 0 radical (unpaired) electrons. The molecule has 0 bridgehead atoms. The Morgan fingerprint density at radius 2 is 2.33 bits per heavy atom. The maximum atomic E-state index is 12.0. The third-order valence-electron chi connectivity index (χ3n) is 3.43. The van der Waals surface area contributed by atoms with Crippen LogP contribution in [0.2, 0.25) is 5.15 Å². The zero-order valence-corrected chi connectivity index (χ0v) is 11.3. The number of aromatic amines is 1. The number of nitrogens with zero attached hydrogens (tertiary/aromatic N) is 2. The Labute approximate surface area is 112 Å². The lowest BCUT2D eigenvalue weighted by Gasteiger charge is -2.31. The van der Waals surface area contributed by atoms with Gasteiger partial charge in [0.25, 0.3) is 0 Å². The average Bonchev–Trinajstić information content (AvgIpc) is 2.82. The predicted molar refractivity (Wildman–Crippen MR) is 70.6 cm³/mol. The Hall–Kier alpha value is -1.07. The summed E-state index contributed by atoms with van der Waals surface area (Å²) in [5, 5.41) is 3.78. The number of piperidine rings is 1. The first kappa shape index (κ1) is 13.4. The van der Waals surface area contributed by atoms with Gasteiger partial charge in [-0.1, -0.05) is 11.6 Å². The van der Waals surface area contributed by atoms with Crippen molar-refractivity contribution in [2.24, 2.45) is 0 Å². The third kappa shape index (κ3) is 3.46. The van der Waals surface area contributed by atoms with Gasteiger partial charge >= 0.3 is 0 Å².